The standard InChI is InChI=1S/C16H28.C2H6/c1-12(2)8-9-15(6)16(7)11-10-14(5)13(3)4;1-2/h8-9,13-14,16H,1,6,10-11H2,2-5,7H3;1-2H3/b9-8-;. The summed E-state index contributed by atoms with van der Waals surface area (Å²) in [5.74, 6) is 2.17. The number of allylic oxidation sites excluding steroid dienone is 4. The Morgan fingerprint density at radius 1 is 0.944 bits per heavy atom. The fourth-order valence-electron chi connectivity index (χ4n) is 1.45. The van der Waals surface area contributed by atoms with Gasteiger partial charge in [-0.2, -0.15) is 0 Å². The molecule has 0 saturated carbocycles. The SMILES string of the molecule is C=C(C)/C=C\C(=C)C(C)CCC(C)C(C)C.CC. The zero-order chi connectivity index (χ0) is 14.7. The van der Waals surface area contributed by atoms with Crippen molar-refractivity contribution in [3.8, 4) is 0 Å². The van der Waals surface area contributed by atoms with Crippen LogP contribution in [0.3, 0.4) is 0 Å². The average molecular weight is 250 g/mol. The second-order valence-corrected chi connectivity index (χ2v) is 5.45. The van der Waals surface area contributed by atoms with Gasteiger partial charge in [0.05, 0.1) is 0 Å². The maximum Gasteiger partial charge on any atom is -0.0196 e. The van der Waals surface area contributed by atoms with Crippen LogP contribution >= 0.6 is 0 Å². The minimum atomic E-state index is 0.580. The van der Waals surface area contributed by atoms with Crippen LogP contribution in [-0.2, 0) is 0 Å². The highest BCUT2D eigenvalue weighted by Crippen LogP contribution is 2.23. The number of hydrogen-bond donors (Lipinski definition) is 0. The monoisotopic (exact) mass is 250 g/mol. The Morgan fingerprint density at radius 3 is 1.83 bits per heavy atom. The second-order valence-electron chi connectivity index (χ2n) is 5.45. The molecular formula is C18H34. The van der Waals surface area contributed by atoms with Gasteiger partial charge in [0.15, 0.2) is 0 Å². The molecule has 2 atom stereocenters. The molecule has 0 nitrogen and oxygen atoms in total. The van der Waals surface area contributed by atoms with Gasteiger partial charge in [0.25, 0.3) is 0 Å². The molecule has 0 bridgehead atoms. The first-order valence-electron chi connectivity index (χ1n) is 7.37. The molecule has 0 heteroatoms. The molecule has 0 aliphatic rings. The lowest BCUT2D eigenvalue weighted by Crippen LogP contribution is -2.06. The minimum Gasteiger partial charge on any atom is -0.0961 e. The fourth-order valence-corrected chi connectivity index (χ4v) is 1.45. The summed E-state index contributed by atoms with van der Waals surface area (Å²) in [5, 5.41) is 0. The lowest BCUT2D eigenvalue weighted by Gasteiger charge is -2.18. The van der Waals surface area contributed by atoms with Gasteiger partial charge in [-0.25, -0.2) is 0 Å². The van der Waals surface area contributed by atoms with Crippen molar-refractivity contribution in [1.82, 2.24) is 0 Å². The van der Waals surface area contributed by atoms with Crippen molar-refractivity contribution < 1.29 is 0 Å². The maximum absolute atomic E-state index is 4.12. The van der Waals surface area contributed by atoms with E-state index in [0.29, 0.717) is 5.92 Å². The van der Waals surface area contributed by atoms with Crippen LogP contribution in [0.1, 0.15) is 61.3 Å². The molecule has 18 heavy (non-hydrogen) atoms. The van der Waals surface area contributed by atoms with Crippen LogP contribution in [0.25, 0.3) is 0 Å². The first kappa shape index (κ1) is 19.6. The first-order chi connectivity index (χ1) is 8.34. The Kier molecular flexibility index (Phi) is 12.3. The van der Waals surface area contributed by atoms with Crippen molar-refractivity contribution >= 4 is 0 Å². The van der Waals surface area contributed by atoms with E-state index in [9.17, 15) is 0 Å². The van der Waals surface area contributed by atoms with E-state index in [0.717, 1.165) is 17.4 Å². The average Bonchev–Trinajstić information content (AvgIpc) is 2.34. The molecule has 0 spiro atoms. The maximum atomic E-state index is 4.12. The van der Waals surface area contributed by atoms with E-state index in [2.05, 4.69) is 46.9 Å². The van der Waals surface area contributed by atoms with E-state index in [1.54, 1.807) is 0 Å². The zero-order valence-corrected chi connectivity index (χ0v) is 13.7. The van der Waals surface area contributed by atoms with Gasteiger partial charge in [-0.05, 0) is 37.5 Å². The van der Waals surface area contributed by atoms with Crippen LogP contribution < -0.4 is 0 Å². The van der Waals surface area contributed by atoms with Crippen molar-refractivity contribution in [2.75, 3.05) is 0 Å². The van der Waals surface area contributed by atoms with Crippen LogP contribution in [0.15, 0.2) is 36.5 Å². The molecule has 2 unspecified atom stereocenters. The van der Waals surface area contributed by atoms with Crippen molar-refractivity contribution in [3.05, 3.63) is 36.5 Å². The Bertz CT molecular complexity index is 255. The third kappa shape index (κ3) is 10.4. The second kappa shape index (κ2) is 11.3. The molecule has 0 aromatic heterocycles. The summed E-state index contributed by atoms with van der Waals surface area (Å²) in [6, 6.07) is 0. The lowest BCUT2D eigenvalue weighted by atomic mass is 9.87. The van der Waals surface area contributed by atoms with Gasteiger partial charge in [-0.15, -0.1) is 0 Å². The topological polar surface area (TPSA) is 0 Å². The van der Waals surface area contributed by atoms with E-state index in [1.807, 2.05) is 26.8 Å². The summed E-state index contributed by atoms with van der Waals surface area (Å²) in [5.41, 5.74) is 2.31. The van der Waals surface area contributed by atoms with Crippen molar-refractivity contribution in [3.63, 3.8) is 0 Å². The molecule has 106 valence electrons. The van der Waals surface area contributed by atoms with Gasteiger partial charge in [-0.1, -0.05) is 78.0 Å². The predicted molar refractivity (Wildman–Crippen MR) is 86.8 cm³/mol. The quantitative estimate of drug-likeness (QED) is 0.458. The minimum absolute atomic E-state index is 0.580. The molecule has 0 radical (unpaired) electrons. The Hall–Kier alpha value is -0.780. The molecule has 0 amide bonds. The highest BCUT2D eigenvalue weighted by Gasteiger charge is 2.10. The smallest absolute Gasteiger partial charge is 0.0196 e. The highest BCUT2D eigenvalue weighted by atomic mass is 14.2. The van der Waals surface area contributed by atoms with Gasteiger partial charge < -0.3 is 0 Å². The molecule has 0 aromatic carbocycles. The van der Waals surface area contributed by atoms with Crippen molar-refractivity contribution in [2.45, 2.75) is 61.3 Å². The van der Waals surface area contributed by atoms with E-state index in [-0.39, 0.29) is 0 Å². The van der Waals surface area contributed by atoms with E-state index >= 15 is 0 Å². The van der Waals surface area contributed by atoms with Gasteiger partial charge in [0, 0.05) is 0 Å². The van der Waals surface area contributed by atoms with E-state index in [4.69, 9.17) is 0 Å². The van der Waals surface area contributed by atoms with E-state index < -0.39 is 0 Å². The van der Waals surface area contributed by atoms with Gasteiger partial charge in [-0.3, -0.25) is 0 Å². The fraction of sp³-hybridized carbons (Fsp3) is 0.667. The predicted octanol–water partition coefficient (Wildman–Crippen LogP) is 6.41. The Labute approximate surface area is 116 Å². The molecule has 0 heterocycles. The summed E-state index contributed by atoms with van der Waals surface area (Å²) in [4.78, 5) is 0. The van der Waals surface area contributed by atoms with Crippen LogP contribution in [0.4, 0.5) is 0 Å². The molecular weight excluding hydrogens is 216 g/mol. The number of hydrogen-bond acceptors (Lipinski definition) is 0. The molecule has 0 fully saturated rings. The van der Waals surface area contributed by atoms with Crippen LogP contribution in [0.5, 0.6) is 0 Å². The summed E-state index contributed by atoms with van der Waals surface area (Å²) in [6.45, 7) is 23.2. The normalized spacial score (nSPS) is 14.0. The molecule has 0 aromatic rings. The first-order valence-corrected chi connectivity index (χ1v) is 7.37. The summed E-state index contributed by atoms with van der Waals surface area (Å²) in [7, 11) is 0. The van der Waals surface area contributed by atoms with Crippen molar-refractivity contribution in [1.29, 1.82) is 0 Å². The van der Waals surface area contributed by atoms with Crippen LogP contribution in [-0.4, -0.2) is 0 Å². The van der Waals surface area contributed by atoms with Crippen LogP contribution in [0, 0.1) is 17.8 Å². The molecule has 0 aliphatic carbocycles. The van der Waals surface area contributed by atoms with E-state index in [1.165, 1.54) is 18.4 Å². The zero-order valence-electron chi connectivity index (χ0n) is 13.7. The van der Waals surface area contributed by atoms with Gasteiger partial charge in [0.2, 0.25) is 0 Å². The van der Waals surface area contributed by atoms with Crippen molar-refractivity contribution in [2.24, 2.45) is 17.8 Å². The van der Waals surface area contributed by atoms with Gasteiger partial charge >= 0.3 is 0 Å². The largest absolute Gasteiger partial charge is 0.0961 e. The summed E-state index contributed by atoms with van der Waals surface area (Å²) >= 11 is 0. The molecule has 0 aliphatic heterocycles. The molecule has 0 saturated heterocycles. The number of rotatable bonds is 7. The van der Waals surface area contributed by atoms with Crippen LogP contribution in [0.2, 0.25) is 0 Å². The highest BCUT2D eigenvalue weighted by molar-refractivity contribution is 5.24. The lowest BCUT2D eigenvalue weighted by molar-refractivity contribution is 0.364. The Balaban J connectivity index is 0. The van der Waals surface area contributed by atoms with Gasteiger partial charge in [0.1, 0.15) is 0 Å². The Morgan fingerprint density at radius 2 is 1.44 bits per heavy atom. The summed E-state index contributed by atoms with van der Waals surface area (Å²) < 4.78 is 0. The third-order valence-corrected chi connectivity index (χ3v) is 3.41. The third-order valence-electron chi connectivity index (χ3n) is 3.41. The molecule has 0 rings (SSSR count). The molecule has 0 N–H and O–H groups in total. The summed E-state index contributed by atoms with van der Waals surface area (Å²) in [6.07, 6.45) is 6.68.